The van der Waals surface area contributed by atoms with Gasteiger partial charge in [-0.05, 0) is 43.5 Å². The number of carbonyl (C=O) groups is 3. The summed E-state index contributed by atoms with van der Waals surface area (Å²) in [6.07, 6.45) is 1.97. The molecule has 0 aliphatic heterocycles. The van der Waals surface area contributed by atoms with Gasteiger partial charge in [-0.15, -0.1) is 0 Å². The molecule has 0 heterocycles. The molecular formula is C21H23N3O4. The lowest BCUT2D eigenvalue weighted by Gasteiger charge is -2.25. The van der Waals surface area contributed by atoms with Crippen LogP contribution < -0.4 is 16.0 Å². The number of rotatable bonds is 7. The highest BCUT2D eigenvalue weighted by molar-refractivity contribution is 5.97. The molecule has 0 radical (unpaired) electrons. The van der Waals surface area contributed by atoms with Crippen molar-refractivity contribution in [2.24, 2.45) is 0 Å². The normalized spacial score (nSPS) is 15.2. The second-order valence-electron chi connectivity index (χ2n) is 7.14. The molecule has 1 fully saturated rings. The van der Waals surface area contributed by atoms with Crippen LogP contribution in [0.1, 0.15) is 35.7 Å². The lowest BCUT2D eigenvalue weighted by atomic mass is 9.82. The lowest BCUT2D eigenvalue weighted by Crippen LogP contribution is -2.44. The Morgan fingerprint density at radius 2 is 1.79 bits per heavy atom. The zero-order chi connectivity index (χ0) is 20.1. The molecule has 3 rings (SSSR count). The van der Waals surface area contributed by atoms with E-state index in [1.807, 2.05) is 6.07 Å². The molecule has 1 aliphatic carbocycles. The Bertz CT molecular complexity index is 880. The van der Waals surface area contributed by atoms with E-state index in [9.17, 15) is 19.5 Å². The third-order valence-electron chi connectivity index (χ3n) is 4.78. The van der Waals surface area contributed by atoms with Gasteiger partial charge in [-0.2, -0.15) is 0 Å². The molecule has 0 bridgehead atoms. The molecule has 146 valence electrons. The molecule has 0 saturated heterocycles. The minimum atomic E-state index is -1.25. The fourth-order valence-electron chi connectivity index (χ4n) is 2.78. The first kappa shape index (κ1) is 19.4. The van der Waals surface area contributed by atoms with Crippen LogP contribution in [0.25, 0.3) is 0 Å². The smallest absolute Gasteiger partial charge is 0.319 e. The summed E-state index contributed by atoms with van der Waals surface area (Å²) in [6.45, 7) is 1.51. The SMILES string of the molecule is CC(CNC(=O)c1cccc(NC(=O)NC2CC2)c1)(C(=O)O)c1ccccc1. The summed E-state index contributed by atoms with van der Waals surface area (Å²) in [4.78, 5) is 36.2. The molecule has 4 N–H and O–H groups in total. The highest BCUT2D eigenvalue weighted by atomic mass is 16.4. The van der Waals surface area contributed by atoms with Gasteiger partial charge in [0.1, 0.15) is 5.41 Å². The monoisotopic (exact) mass is 381 g/mol. The zero-order valence-electron chi connectivity index (χ0n) is 15.6. The van der Waals surface area contributed by atoms with E-state index in [2.05, 4.69) is 16.0 Å². The van der Waals surface area contributed by atoms with Crippen molar-refractivity contribution in [3.8, 4) is 0 Å². The van der Waals surface area contributed by atoms with Gasteiger partial charge in [-0.1, -0.05) is 36.4 Å². The predicted molar refractivity (Wildman–Crippen MR) is 105 cm³/mol. The van der Waals surface area contributed by atoms with E-state index in [1.54, 1.807) is 55.5 Å². The van der Waals surface area contributed by atoms with Gasteiger partial charge in [0.15, 0.2) is 0 Å². The Balaban J connectivity index is 1.66. The van der Waals surface area contributed by atoms with Crippen LogP contribution in [0.5, 0.6) is 0 Å². The summed E-state index contributed by atoms with van der Waals surface area (Å²) >= 11 is 0. The van der Waals surface area contributed by atoms with Crippen LogP contribution in [0, 0.1) is 0 Å². The Kier molecular flexibility index (Phi) is 5.63. The molecular weight excluding hydrogens is 358 g/mol. The van der Waals surface area contributed by atoms with E-state index in [4.69, 9.17) is 0 Å². The van der Waals surface area contributed by atoms with E-state index in [0.717, 1.165) is 12.8 Å². The number of hydrogen-bond acceptors (Lipinski definition) is 3. The molecule has 1 aliphatic rings. The van der Waals surface area contributed by atoms with Crippen molar-refractivity contribution < 1.29 is 19.5 Å². The second-order valence-corrected chi connectivity index (χ2v) is 7.14. The number of hydrogen-bond donors (Lipinski definition) is 4. The number of carboxylic acids is 1. The van der Waals surface area contributed by atoms with Gasteiger partial charge in [0, 0.05) is 23.8 Å². The maximum Gasteiger partial charge on any atom is 0.319 e. The van der Waals surface area contributed by atoms with Crippen LogP contribution in [0.15, 0.2) is 54.6 Å². The van der Waals surface area contributed by atoms with Gasteiger partial charge in [0.05, 0.1) is 0 Å². The third-order valence-corrected chi connectivity index (χ3v) is 4.78. The van der Waals surface area contributed by atoms with Crippen LogP contribution in [0.3, 0.4) is 0 Å². The van der Waals surface area contributed by atoms with Crippen molar-refractivity contribution in [2.45, 2.75) is 31.2 Å². The quantitative estimate of drug-likeness (QED) is 0.591. The summed E-state index contributed by atoms with van der Waals surface area (Å²) in [5.41, 5.74) is 0.187. The summed E-state index contributed by atoms with van der Waals surface area (Å²) in [5.74, 6) is -1.43. The number of aliphatic carboxylic acids is 1. The lowest BCUT2D eigenvalue weighted by molar-refractivity contribution is -0.142. The Morgan fingerprint density at radius 3 is 2.43 bits per heavy atom. The van der Waals surface area contributed by atoms with Crippen molar-refractivity contribution >= 4 is 23.6 Å². The van der Waals surface area contributed by atoms with Crippen molar-refractivity contribution in [3.05, 3.63) is 65.7 Å². The maximum atomic E-state index is 12.5. The molecule has 1 unspecified atom stereocenters. The van der Waals surface area contributed by atoms with Crippen LogP contribution in [-0.4, -0.2) is 35.6 Å². The van der Waals surface area contributed by atoms with E-state index >= 15 is 0 Å². The number of anilines is 1. The van der Waals surface area contributed by atoms with Crippen LogP contribution >= 0.6 is 0 Å². The predicted octanol–water partition coefficient (Wildman–Crippen LogP) is 2.74. The molecule has 1 atom stereocenters. The van der Waals surface area contributed by atoms with Crippen molar-refractivity contribution in [2.75, 3.05) is 11.9 Å². The summed E-state index contributed by atoms with van der Waals surface area (Å²) in [5, 5.41) is 17.9. The largest absolute Gasteiger partial charge is 0.481 e. The molecule has 0 aromatic heterocycles. The fraction of sp³-hybridized carbons (Fsp3) is 0.286. The fourth-order valence-corrected chi connectivity index (χ4v) is 2.78. The topological polar surface area (TPSA) is 108 Å². The average molecular weight is 381 g/mol. The summed E-state index contributed by atoms with van der Waals surface area (Å²) in [6, 6.07) is 15.2. The highest BCUT2D eigenvalue weighted by Gasteiger charge is 2.35. The highest BCUT2D eigenvalue weighted by Crippen LogP contribution is 2.23. The first-order valence-electron chi connectivity index (χ1n) is 9.13. The first-order valence-corrected chi connectivity index (χ1v) is 9.13. The number of nitrogens with one attached hydrogen (secondary N) is 3. The number of urea groups is 1. The molecule has 7 nitrogen and oxygen atoms in total. The van der Waals surface area contributed by atoms with E-state index in [1.165, 1.54) is 0 Å². The summed E-state index contributed by atoms with van der Waals surface area (Å²) in [7, 11) is 0. The molecule has 3 amide bonds. The van der Waals surface area contributed by atoms with Gasteiger partial charge in [0.2, 0.25) is 0 Å². The Labute approximate surface area is 163 Å². The molecule has 1 saturated carbocycles. The van der Waals surface area contributed by atoms with Crippen LogP contribution in [0.2, 0.25) is 0 Å². The van der Waals surface area contributed by atoms with Gasteiger partial charge in [-0.25, -0.2) is 4.79 Å². The van der Waals surface area contributed by atoms with E-state index in [0.29, 0.717) is 16.8 Å². The number of benzene rings is 2. The van der Waals surface area contributed by atoms with Gasteiger partial charge >= 0.3 is 12.0 Å². The Morgan fingerprint density at radius 1 is 1.07 bits per heavy atom. The zero-order valence-corrected chi connectivity index (χ0v) is 15.6. The van der Waals surface area contributed by atoms with Crippen LogP contribution in [-0.2, 0) is 10.2 Å². The van der Waals surface area contributed by atoms with E-state index in [-0.39, 0.29) is 18.6 Å². The van der Waals surface area contributed by atoms with E-state index < -0.39 is 17.3 Å². The maximum absolute atomic E-state index is 12.5. The summed E-state index contributed by atoms with van der Waals surface area (Å²) < 4.78 is 0. The number of carboxylic acid groups (broad SMARTS) is 1. The molecule has 7 heteroatoms. The van der Waals surface area contributed by atoms with Gasteiger partial charge in [-0.3, -0.25) is 9.59 Å². The van der Waals surface area contributed by atoms with Gasteiger partial charge < -0.3 is 21.1 Å². The molecule has 28 heavy (non-hydrogen) atoms. The van der Waals surface area contributed by atoms with Crippen molar-refractivity contribution in [1.29, 1.82) is 0 Å². The average Bonchev–Trinajstić information content (AvgIpc) is 3.50. The number of carbonyl (C=O) groups excluding carboxylic acids is 2. The minimum Gasteiger partial charge on any atom is -0.481 e. The third kappa shape index (κ3) is 4.68. The molecule has 2 aromatic carbocycles. The Hall–Kier alpha value is -3.35. The van der Waals surface area contributed by atoms with Gasteiger partial charge in [0.25, 0.3) is 5.91 Å². The molecule has 0 spiro atoms. The van der Waals surface area contributed by atoms with Crippen molar-refractivity contribution in [1.82, 2.24) is 10.6 Å². The van der Waals surface area contributed by atoms with Crippen LogP contribution in [0.4, 0.5) is 10.5 Å². The van der Waals surface area contributed by atoms with Crippen molar-refractivity contribution in [3.63, 3.8) is 0 Å². The minimum absolute atomic E-state index is 0.0645. The molecule has 2 aromatic rings. The second kappa shape index (κ2) is 8.12. The standard InChI is InChI=1S/C21H23N3O4/c1-21(19(26)27,15-7-3-2-4-8-15)13-22-18(25)14-6-5-9-17(12-14)24-20(28)23-16-10-11-16/h2-9,12,16H,10-11,13H2,1H3,(H,22,25)(H,26,27)(H2,23,24,28). The first-order chi connectivity index (χ1) is 13.4. The number of amides is 3.